The van der Waals surface area contributed by atoms with Gasteiger partial charge < -0.3 is 78.8 Å². The van der Waals surface area contributed by atoms with Gasteiger partial charge in [-0.2, -0.15) is 0 Å². The monoisotopic (exact) mass is 654 g/mol. The highest BCUT2D eigenvalue weighted by Crippen LogP contribution is 2.42. The lowest BCUT2D eigenvalue weighted by Crippen LogP contribution is -2.64. The molecule has 3 heterocycles. The van der Waals surface area contributed by atoms with Gasteiger partial charge in [0.15, 0.2) is 16.9 Å². The van der Waals surface area contributed by atoms with Gasteiger partial charge in [-0.3, -0.25) is 4.79 Å². The maximum atomic E-state index is 13.0. The van der Waals surface area contributed by atoms with Crippen LogP contribution in [0.5, 0.6) is 28.7 Å². The molecular formula is C29H34O17. The number of hydrogen-bond acceptors (Lipinski definition) is 17. The SMILES string of the molecule is COc1cc(-c2cc(=O)c3c(O)cc(O[C@@H]4O[C@H](CO)[C@@H](O[C@]5(CO)O[C@H](CO)[C@@H](O)[C@@H]5O)[C@H](O)[C@H]4O)cc3o2)cc(OC)c1O. The fourth-order valence-corrected chi connectivity index (χ4v) is 5.42. The molecule has 46 heavy (non-hydrogen) atoms. The van der Waals surface area contributed by atoms with Gasteiger partial charge in [-0.15, -0.1) is 0 Å². The second kappa shape index (κ2) is 13.2. The summed E-state index contributed by atoms with van der Waals surface area (Å²) in [4.78, 5) is 13.0. The second-order valence-corrected chi connectivity index (χ2v) is 10.7. The number of aliphatic hydroxyl groups excluding tert-OH is 7. The van der Waals surface area contributed by atoms with E-state index in [1.807, 2.05) is 0 Å². The van der Waals surface area contributed by atoms with Gasteiger partial charge in [-0.1, -0.05) is 0 Å². The molecule has 0 spiro atoms. The predicted molar refractivity (Wildman–Crippen MR) is 151 cm³/mol. The van der Waals surface area contributed by atoms with Crippen molar-refractivity contribution in [2.45, 2.75) is 54.8 Å². The molecule has 5 rings (SSSR count). The van der Waals surface area contributed by atoms with E-state index in [1.54, 1.807) is 0 Å². The number of aromatic hydroxyl groups is 2. The Bertz CT molecular complexity index is 1580. The van der Waals surface area contributed by atoms with Crippen LogP contribution < -0.4 is 19.6 Å². The van der Waals surface area contributed by atoms with E-state index in [2.05, 4.69) is 0 Å². The summed E-state index contributed by atoms with van der Waals surface area (Å²) in [5.74, 6) is -3.34. The van der Waals surface area contributed by atoms with Crippen molar-refractivity contribution in [3.05, 3.63) is 40.6 Å². The lowest BCUT2D eigenvalue weighted by Gasteiger charge is -2.45. The minimum Gasteiger partial charge on any atom is -0.507 e. The van der Waals surface area contributed by atoms with Crippen molar-refractivity contribution < 1.29 is 78.8 Å². The third-order valence-corrected chi connectivity index (χ3v) is 7.86. The van der Waals surface area contributed by atoms with Crippen LogP contribution in [0, 0.1) is 0 Å². The maximum absolute atomic E-state index is 13.0. The Balaban J connectivity index is 1.43. The number of fused-ring (bicyclic) bond motifs is 1. The average molecular weight is 655 g/mol. The summed E-state index contributed by atoms with van der Waals surface area (Å²) >= 11 is 0. The van der Waals surface area contributed by atoms with Gasteiger partial charge in [0.05, 0.1) is 27.4 Å². The van der Waals surface area contributed by atoms with Crippen LogP contribution >= 0.6 is 0 Å². The highest BCUT2D eigenvalue weighted by Gasteiger charge is 2.59. The number of ether oxygens (including phenoxy) is 6. The summed E-state index contributed by atoms with van der Waals surface area (Å²) in [6, 6.07) is 6.13. The van der Waals surface area contributed by atoms with Crippen molar-refractivity contribution in [1.29, 1.82) is 0 Å². The Morgan fingerprint density at radius 1 is 0.848 bits per heavy atom. The van der Waals surface area contributed by atoms with E-state index in [4.69, 9.17) is 32.8 Å². The highest BCUT2D eigenvalue weighted by atomic mass is 16.8. The lowest BCUT2D eigenvalue weighted by molar-refractivity contribution is -0.354. The second-order valence-electron chi connectivity index (χ2n) is 10.7. The van der Waals surface area contributed by atoms with Crippen molar-refractivity contribution in [3.8, 4) is 40.1 Å². The fourth-order valence-electron chi connectivity index (χ4n) is 5.42. The molecule has 1 aromatic heterocycles. The number of phenolic OH excluding ortho intramolecular Hbond substituents is 2. The molecule has 17 heteroatoms. The smallest absolute Gasteiger partial charge is 0.229 e. The zero-order valence-corrected chi connectivity index (χ0v) is 24.4. The van der Waals surface area contributed by atoms with Gasteiger partial charge in [0, 0.05) is 23.8 Å². The number of rotatable bonds is 10. The van der Waals surface area contributed by atoms with Crippen molar-refractivity contribution in [1.82, 2.24) is 0 Å². The Morgan fingerprint density at radius 2 is 1.50 bits per heavy atom. The topological polar surface area (TPSA) is 268 Å². The summed E-state index contributed by atoms with van der Waals surface area (Å²) in [5.41, 5.74) is -0.528. The molecule has 0 radical (unpaired) electrons. The Labute approximate surface area is 259 Å². The Hall–Kier alpha value is -3.75. The van der Waals surface area contributed by atoms with Crippen LogP contribution in [-0.4, -0.2) is 135 Å². The van der Waals surface area contributed by atoms with Crippen LogP contribution in [0.3, 0.4) is 0 Å². The summed E-state index contributed by atoms with van der Waals surface area (Å²) in [5, 5.41) is 92.5. The molecule has 3 aromatic rings. The molecule has 0 bridgehead atoms. The molecule has 9 N–H and O–H groups in total. The molecule has 17 nitrogen and oxygen atoms in total. The van der Waals surface area contributed by atoms with E-state index in [-0.39, 0.29) is 45.3 Å². The van der Waals surface area contributed by atoms with Crippen molar-refractivity contribution in [2.75, 3.05) is 34.0 Å². The molecule has 0 unspecified atom stereocenters. The summed E-state index contributed by atoms with van der Waals surface area (Å²) < 4.78 is 38.4. The molecule has 2 fully saturated rings. The van der Waals surface area contributed by atoms with Crippen LogP contribution in [0.1, 0.15) is 0 Å². The Kier molecular flexibility index (Phi) is 9.62. The van der Waals surface area contributed by atoms with E-state index in [9.17, 15) is 50.8 Å². The van der Waals surface area contributed by atoms with Crippen molar-refractivity contribution >= 4 is 11.0 Å². The molecule has 252 valence electrons. The van der Waals surface area contributed by atoms with Gasteiger partial charge in [-0.05, 0) is 12.1 Å². The molecule has 2 saturated heterocycles. The summed E-state index contributed by atoms with van der Waals surface area (Å²) in [6.45, 7) is -2.63. The molecule has 2 aromatic carbocycles. The van der Waals surface area contributed by atoms with Crippen LogP contribution in [0.15, 0.2) is 39.5 Å². The number of hydrogen-bond donors (Lipinski definition) is 9. The van der Waals surface area contributed by atoms with Crippen molar-refractivity contribution in [3.63, 3.8) is 0 Å². The maximum Gasteiger partial charge on any atom is 0.229 e. The van der Waals surface area contributed by atoms with Gasteiger partial charge in [0.1, 0.15) is 77.6 Å². The zero-order chi connectivity index (χ0) is 33.5. The largest absolute Gasteiger partial charge is 0.507 e. The van der Waals surface area contributed by atoms with Gasteiger partial charge in [0.25, 0.3) is 0 Å². The van der Waals surface area contributed by atoms with E-state index in [0.29, 0.717) is 0 Å². The number of aliphatic hydroxyl groups is 7. The van der Waals surface area contributed by atoms with Gasteiger partial charge >= 0.3 is 0 Å². The molecule has 0 aliphatic carbocycles. The fraction of sp³-hybridized carbons (Fsp3) is 0.483. The van der Waals surface area contributed by atoms with Crippen LogP contribution in [0.4, 0.5) is 0 Å². The lowest BCUT2D eigenvalue weighted by atomic mass is 9.97. The molecule has 9 atom stereocenters. The number of benzene rings is 2. The quantitative estimate of drug-likeness (QED) is 0.113. The first-order chi connectivity index (χ1) is 21.9. The molecule has 2 aliphatic rings. The summed E-state index contributed by atoms with van der Waals surface area (Å²) in [7, 11) is 2.64. The van der Waals surface area contributed by atoms with E-state index < -0.39 is 85.8 Å². The molecule has 2 aliphatic heterocycles. The standard InChI is InChI=1S/C29H34O17/c1-40-17-3-11(4-18(41-2)22(17)35)15-7-14(34)21-13(33)5-12(6-16(21)43-15)42-28-25(38)24(37)26(20(9-31)44-28)46-29(10-32)27(39)23(36)19(8-30)45-29/h3-7,19-20,23-28,30-33,35-39H,8-10H2,1-2H3/t19-,20-,23-,24-,25-,26-,27+,28-,29+/m1/s1. The molecule has 0 saturated carbocycles. The third kappa shape index (κ3) is 5.82. The first kappa shape index (κ1) is 33.6. The van der Waals surface area contributed by atoms with E-state index in [0.717, 1.165) is 12.1 Å². The number of phenols is 2. The third-order valence-electron chi connectivity index (χ3n) is 7.86. The normalized spacial score (nSPS) is 31.2. The molecule has 0 amide bonds. The van der Waals surface area contributed by atoms with Crippen molar-refractivity contribution in [2.24, 2.45) is 0 Å². The van der Waals surface area contributed by atoms with Crippen LogP contribution in [0.25, 0.3) is 22.3 Å². The van der Waals surface area contributed by atoms with Crippen LogP contribution in [-0.2, 0) is 14.2 Å². The first-order valence-electron chi connectivity index (χ1n) is 13.9. The van der Waals surface area contributed by atoms with E-state index >= 15 is 0 Å². The Morgan fingerprint density at radius 3 is 2.07 bits per heavy atom. The highest BCUT2D eigenvalue weighted by molar-refractivity contribution is 5.86. The molecular weight excluding hydrogens is 620 g/mol. The zero-order valence-electron chi connectivity index (χ0n) is 24.4. The summed E-state index contributed by atoms with van der Waals surface area (Å²) in [6.07, 6.45) is -13.6. The number of methoxy groups -OCH3 is 2. The van der Waals surface area contributed by atoms with Crippen LogP contribution in [0.2, 0.25) is 0 Å². The van der Waals surface area contributed by atoms with Gasteiger partial charge in [0.2, 0.25) is 17.8 Å². The van der Waals surface area contributed by atoms with E-state index in [1.165, 1.54) is 32.4 Å². The minimum atomic E-state index is -2.35. The predicted octanol–water partition coefficient (Wildman–Crippen LogP) is -2.11. The average Bonchev–Trinajstić information content (AvgIpc) is 3.29. The first-order valence-corrected chi connectivity index (χ1v) is 13.9. The minimum absolute atomic E-state index is 0.00181. The van der Waals surface area contributed by atoms with Gasteiger partial charge in [-0.25, -0.2) is 0 Å².